The highest BCUT2D eigenvalue weighted by Gasteiger charge is 2.19. The Bertz CT molecular complexity index is 440. The molecule has 1 heterocycles. The van der Waals surface area contributed by atoms with Crippen LogP contribution in [-0.2, 0) is 0 Å². The molecular formula is C15H27N5O. The molecule has 1 aromatic heterocycles. The van der Waals surface area contributed by atoms with Crippen LogP contribution in [0.3, 0.4) is 0 Å². The van der Waals surface area contributed by atoms with E-state index in [1.54, 1.807) is 7.05 Å². The number of hydrogen-bond donors (Lipinski definition) is 2. The highest BCUT2D eigenvalue weighted by molar-refractivity contribution is 5.35. The largest absolute Gasteiger partial charge is 0.463 e. The van der Waals surface area contributed by atoms with Crippen LogP contribution in [0.2, 0.25) is 0 Å². The predicted octanol–water partition coefficient (Wildman–Crippen LogP) is 2.94. The van der Waals surface area contributed by atoms with E-state index in [1.807, 2.05) is 0 Å². The molecule has 0 aliphatic heterocycles. The number of aromatic nitrogens is 3. The lowest BCUT2D eigenvalue weighted by atomic mass is 9.82. The summed E-state index contributed by atoms with van der Waals surface area (Å²) >= 11 is 0. The van der Waals surface area contributed by atoms with Gasteiger partial charge in [0.2, 0.25) is 11.9 Å². The first kappa shape index (κ1) is 15.8. The maximum absolute atomic E-state index is 5.50. The van der Waals surface area contributed by atoms with Crippen molar-refractivity contribution in [2.24, 2.45) is 11.8 Å². The highest BCUT2D eigenvalue weighted by Crippen LogP contribution is 2.28. The second kappa shape index (κ2) is 8.00. The lowest BCUT2D eigenvalue weighted by Gasteiger charge is -2.26. The maximum atomic E-state index is 5.50. The number of anilines is 2. The van der Waals surface area contributed by atoms with Gasteiger partial charge in [0.15, 0.2) is 0 Å². The van der Waals surface area contributed by atoms with E-state index >= 15 is 0 Å². The standard InChI is InChI=1S/C15H27N5O/c1-4-8-21-15-19-13(16-3)18-14(20-15)17-10-12-7-5-6-11(2)9-12/h11-12H,4-10H2,1-3H3,(H2,16,17,18,19,20). The zero-order valence-corrected chi connectivity index (χ0v) is 13.4. The van der Waals surface area contributed by atoms with Gasteiger partial charge >= 0.3 is 6.01 Å². The van der Waals surface area contributed by atoms with Gasteiger partial charge in [-0.2, -0.15) is 15.0 Å². The van der Waals surface area contributed by atoms with Gasteiger partial charge in [0.25, 0.3) is 0 Å². The molecule has 0 aromatic carbocycles. The molecule has 1 fully saturated rings. The lowest BCUT2D eigenvalue weighted by molar-refractivity contribution is 0.289. The molecule has 2 atom stereocenters. The van der Waals surface area contributed by atoms with E-state index in [0.29, 0.717) is 30.4 Å². The van der Waals surface area contributed by atoms with Gasteiger partial charge in [-0.15, -0.1) is 0 Å². The van der Waals surface area contributed by atoms with E-state index in [4.69, 9.17) is 4.74 Å². The van der Waals surface area contributed by atoms with E-state index in [0.717, 1.165) is 18.9 Å². The van der Waals surface area contributed by atoms with Crippen LogP contribution in [0.5, 0.6) is 6.01 Å². The SMILES string of the molecule is CCCOc1nc(NC)nc(NCC2CCCC(C)C2)n1. The summed E-state index contributed by atoms with van der Waals surface area (Å²) in [6, 6.07) is 0.385. The van der Waals surface area contributed by atoms with E-state index in [2.05, 4.69) is 39.4 Å². The Morgan fingerprint density at radius 1 is 1.19 bits per heavy atom. The molecule has 1 saturated carbocycles. The molecule has 6 heteroatoms. The molecule has 2 rings (SSSR count). The number of nitrogens with zero attached hydrogens (tertiary/aromatic N) is 3. The first-order valence-electron chi connectivity index (χ1n) is 8.01. The maximum Gasteiger partial charge on any atom is 0.323 e. The van der Waals surface area contributed by atoms with Crippen molar-refractivity contribution < 1.29 is 4.74 Å². The molecule has 0 radical (unpaired) electrons. The first-order valence-corrected chi connectivity index (χ1v) is 8.01. The van der Waals surface area contributed by atoms with Crippen molar-refractivity contribution in [2.45, 2.75) is 46.0 Å². The van der Waals surface area contributed by atoms with Crippen molar-refractivity contribution in [3.05, 3.63) is 0 Å². The zero-order valence-electron chi connectivity index (χ0n) is 13.4. The summed E-state index contributed by atoms with van der Waals surface area (Å²) in [6.07, 6.45) is 6.21. The minimum Gasteiger partial charge on any atom is -0.463 e. The quantitative estimate of drug-likeness (QED) is 0.805. The summed E-state index contributed by atoms with van der Waals surface area (Å²) in [4.78, 5) is 12.9. The Hall–Kier alpha value is -1.59. The van der Waals surface area contributed by atoms with E-state index in [-0.39, 0.29) is 0 Å². The minimum atomic E-state index is 0.385. The van der Waals surface area contributed by atoms with E-state index in [1.165, 1.54) is 25.7 Å². The Labute approximate surface area is 127 Å². The van der Waals surface area contributed by atoms with Gasteiger partial charge in [0.1, 0.15) is 0 Å². The number of rotatable bonds is 7. The van der Waals surface area contributed by atoms with Gasteiger partial charge < -0.3 is 15.4 Å². The number of ether oxygens (including phenoxy) is 1. The second-order valence-electron chi connectivity index (χ2n) is 5.88. The van der Waals surface area contributed by atoms with Crippen molar-refractivity contribution in [1.82, 2.24) is 15.0 Å². The smallest absolute Gasteiger partial charge is 0.323 e. The van der Waals surface area contributed by atoms with Gasteiger partial charge in [0, 0.05) is 13.6 Å². The molecule has 2 unspecified atom stereocenters. The van der Waals surface area contributed by atoms with Crippen molar-refractivity contribution in [2.75, 3.05) is 30.8 Å². The van der Waals surface area contributed by atoms with Crippen molar-refractivity contribution >= 4 is 11.9 Å². The van der Waals surface area contributed by atoms with Crippen LogP contribution < -0.4 is 15.4 Å². The van der Waals surface area contributed by atoms with Gasteiger partial charge in [-0.05, 0) is 31.1 Å². The second-order valence-corrected chi connectivity index (χ2v) is 5.88. The van der Waals surface area contributed by atoms with E-state index < -0.39 is 0 Å². The Morgan fingerprint density at radius 3 is 2.71 bits per heavy atom. The van der Waals surface area contributed by atoms with Crippen LogP contribution in [-0.4, -0.2) is 35.2 Å². The summed E-state index contributed by atoms with van der Waals surface area (Å²) < 4.78 is 5.50. The molecule has 1 aliphatic carbocycles. The highest BCUT2D eigenvalue weighted by atomic mass is 16.5. The molecule has 118 valence electrons. The average molecular weight is 293 g/mol. The Morgan fingerprint density at radius 2 is 2.00 bits per heavy atom. The molecule has 0 bridgehead atoms. The molecule has 2 N–H and O–H groups in total. The van der Waals surface area contributed by atoms with Crippen LogP contribution in [0.1, 0.15) is 46.0 Å². The van der Waals surface area contributed by atoms with Crippen LogP contribution in [0.15, 0.2) is 0 Å². The molecular weight excluding hydrogens is 266 g/mol. The molecule has 0 saturated heterocycles. The molecule has 0 spiro atoms. The van der Waals surface area contributed by atoms with Gasteiger partial charge in [0.05, 0.1) is 6.61 Å². The number of nitrogens with one attached hydrogen (secondary N) is 2. The summed E-state index contributed by atoms with van der Waals surface area (Å²) in [5.74, 6) is 2.68. The molecule has 1 aromatic rings. The molecule has 0 amide bonds. The fraction of sp³-hybridized carbons (Fsp3) is 0.800. The van der Waals surface area contributed by atoms with Crippen LogP contribution >= 0.6 is 0 Å². The van der Waals surface area contributed by atoms with Crippen molar-refractivity contribution in [3.8, 4) is 6.01 Å². The van der Waals surface area contributed by atoms with E-state index in [9.17, 15) is 0 Å². The van der Waals surface area contributed by atoms with Gasteiger partial charge in [-0.25, -0.2) is 0 Å². The average Bonchev–Trinajstić information content (AvgIpc) is 2.51. The fourth-order valence-electron chi connectivity index (χ4n) is 2.79. The van der Waals surface area contributed by atoms with Gasteiger partial charge in [-0.3, -0.25) is 0 Å². The minimum absolute atomic E-state index is 0.385. The zero-order chi connectivity index (χ0) is 15.1. The Balaban J connectivity index is 1.94. The third-order valence-electron chi connectivity index (χ3n) is 3.87. The third kappa shape index (κ3) is 5.02. The summed E-state index contributed by atoms with van der Waals surface area (Å²) in [5.41, 5.74) is 0. The van der Waals surface area contributed by atoms with Crippen molar-refractivity contribution in [3.63, 3.8) is 0 Å². The summed E-state index contributed by atoms with van der Waals surface area (Å²) in [6.45, 7) is 5.94. The van der Waals surface area contributed by atoms with Crippen LogP contribution in [0, 0.1) is 11.8 Å². The number of hydrogen-bond acceptors (Lipinski definition) is 6. The van der Waals surface area contributed by atoms with Crippen LogP contribution in [0.4, 0.5) is 11.9 Å². The fourth-order valence-corrected chi connectivity index (χ4v) is 2.79. The predicted molar refractivity (Wildman–Crippen MR) is 84.8 cm³/mol. The molecule has 6 nitrogen and oxygen atoms in total. The third-order valence-corrected chi connectivity index (χ3v) is 3.87. The summed E-state index contributed by atoms with van der Waals surface area (Å²) in [5, 5.41) is 6.29. The van der Waals surface area contributed by atoms with Crippen molar-refractivity contribution in [1.29, 1.82) is 0 Å². The van der Waals surface area contributed by atoms with Crippen LogP contribution in [0.25, 0.3) is 0 Å². The summed E-state index contributed by atoms with van der Waals surface area (Å²) in [7, 11) is 1.80. The topological polar surface area (TPSA) is 72.0 Å². The molecule has 1 aliphatic rings. The lowest BCUT2D eigenvalue weighted by Crippen LogP contribution is -2.22. The molecule has 21 heavy (non-hydrogen) atoms. The normalized spacial score (nSPS) is 21.9. The monoisotopic (exact) mass is 293 g/mol. The van der Waals surface area contributed by atoms with Gasteiger partial charge in [-0.1, -0.05) is 26.7 Å². The first-order chi connectivity index (χ1) is 10.2. The Kier molecular flexibility index (Phi) is 6.02.